The number of methoxy groups -OCH3 is 1. The van der Waals surface area contributed by atoms with Crippen molar-refractivity contribution in [2.24, 2.45) is 5.73 Å². The third kappa shape index (κ3) is 2.33. The predicted octanol–water partition coefficient (Wildman–Crippen LogP) is 3.08. The molecule has 0 aliphatic heterocycles. The second-order valence-electron chi connectivity index (χ2n) is 4.72. The number of nitrogens with two attached hydrogens (primary N) is 1. The predicted molar refractivity (Wildman–Crippen MR) is 67.2 cm³/mol. The van der Waals surface area contributed by atoms with Crippen LogP contribution in [-0.4, -0.2) is 12.6 Å². The van der Waals surface area contributed by atoms with Gasteiger partial charge in [0, 0.05) is 10.6 Å². The zero-order chi connectivity index (χ0) is 11.8. The van der Waals surface area contributed by atoms with Crippen molar-refractivity contribution < 1.29 is 4.74 Å². The first kappa shape index (κ1) is 11.7. The molecule has 1 aromatic rings. The molecule has 1 saturated carbocycles. The highest BCUT2D eigenvalue weighted by molar-refractivity contribution is 6.31. The summed E-state index contributed by atoms with van der Waals surface area (Å²) < 4.78 is 5.37. The Hall–Kier alpha value is -0.730. The maximum Gasteiger partial charge on any atom is 0.122 e. The molecule has 88 valence electrons. The SMILES string of the molecule is COc1ccc(Cl)c(C)c1CCC1(N)CC1. The Bertz CT molecular complexity index is 399. The average molecular weight is 240 g/mol. The van der Waals surface area contributed by atoms with Gasteiger partial charge in [-0.3, -0.25) is 0 Å². The number of hydrogen-bond donors (Lipinski definition) is 1. The molecule has 16 heavy (non-hydrogen) atoms. The molecule has 0 heterocycles. The molecule has 2 rings (SSSR count). The molecule has 0 amide bonds. The van der Waals surface area contributed by atoms with Crippen LogP contribution in [0.5, 0.6) is 5.75 Å². The topological polar surface area (TPSA) is 35.2 Å². The van der Waals surface area contributed by atoms with Crippen molar-refractivity contribution in [2.45, 2.75) is 38.1 Å². The summed E-state index contributed by atoms with van der Waals surface area (Å²) >= 11 is 6.12. The van der Waals surface area contributed by atoms with Gasteiger partial charge < -0.3 is 10.5 Å². The fourth-order valence-corrected chi connectivity index (χ4v) is 2.17. The van der Waals surface area contributed by atoms with Gasteiger partial charge in [0.2, 0.25) is 0 Å². The van der Waals surface area contributed by atoms with Gasteiger partial charge in [0.15, 0.2) is 0 Å². The molecule has 1 aromatic carbocycles. The lowest BCUT2D eigenvalue weighted by Gasteiger charge is -2.15. The Kier molecular flexibility index (Phi) is 3.13. The number of halogens is 1. The molecule has 0 unspecified atom stereocenters. The minimum Gasteiger partial charge on any atom is -0.496 e. The molecule has 0 atom stereocenters. The van der Waals surface area contributed by atoms with Gasteiger partial charge in [0.05, 0.1) is 7.11 Å². The fraction of sp³-hybridized carbons (Fsp3) is 0.538. The highest BCUT2D eigenvalue weighted by atomic mass is 35.5. The Morgan fingerprint density at radius 3 is 2.69 bits per heavy atom. The molecule has 0 aromatic heterocycles. The van der Waals surface area contributed by atoms with Crippen molar-refractivity contribution in [2.75, 3.05) is 7.11 Å². The van der Waals surface area contributed by atoms with Crippen molar-refractivity contribution >= 4 is 11.6 Å². The number of rotatable bonds is 4. The summed E-state index contributed by atoms with van der Waals surface area (Å²) in [6.07, 6.45) is 4.26. The van der Waals surface area contributed by atoms with Gasteiger partial charge in [-0.2, -0.15) is 0 Å². The largest absolute Gasteiger partial charge is 0.496 e. The average Bonchev–Trinajstić information content (AvgIpc) is 2.99. The molecule has 2 nitrogen and oxygen atoms in total. The van der Waals surface area contributed by atoms with Crippen molar-refractivity contribution in [1.29, 1.82) is 0 Å². The molecule has 0 bridgehead atoms. The van der Waals surface area contributed by atoms with Crippen LogP contribution in [-0.2, 0) is 6.42 Å². The van der Waals surface area contributed by atoms with Crippen LogP contribution in [0.3, 0.4) is 0 Å². The van der Waals surface area contributed by atoms with Gasteiger partial charge in [-0.1, -0.05) is 11.6 Å². The minimum atomic E-state index is 0.0831. The summed E-state index contributed by atoms with van der Waals surface area (Å²) in [5, 5.41) is 0.803. The molecule has 1 fully saturated rings. The van der Waals surface area contributed by atoms with Crippen LogP contribution in [0.25, 0.3) is 0 Å². The molecular weight excluding hydrogens is 222 g/mol. The Balaban J connectivity index is 2.19. The normalized spacial score (nSPS) is 17.2. The van der Waals surface area contributed by atoms with Crippen LogP contribution in [0.1, 0.15) is 30.4 Å². The molecule has 1 aliphatic rings. The van der Waals surface area contributed by atoms with Gasteiger partial charge in [-0.05, 0) is 55.9 Å². The summed E-state index contributed by atoms with van der Waals surface area (Å²) in [6.45, 7) is 2.04. The van der Waals surface area contributed by atoms with Crippen LogP contribution >= 0.6 is 11.6 Å². The lowest BCUT2D eigenvalue weighted by atomic mass is 9.99. The van der Waals surface area contributed by atoms with Crippen LogP contribution in [0.15, 0.2) is 12.1 Å². The van der Waals surface area contributed by atoms with E-state index in [4.69, 9.17) is 22.1 Å². The summed E-state index contributed by atoms with van der Waals surface area (Å²) in [4.78, 5) is 0. The van der Waals surface area contributed by atoms with Crippen LogP contribution in [0.4, 0.5) is 0 Å². The van der Waals surface area contributed by atoms with E-state index in [2.05, 4.69) is 0 Å². The van der Waals surface area contributed by atoms with E-state index in [9.17, 15) is 0 Å². The monoisotopic (exact) mass is 239 g/mol. The molecule has 3 heteroatoms. The summed E-state index contributed by atoms with van der Waals surface area (Å²) in [7, 11) is 1.70. The molecular formula is C13H18ClNO. The van der Waals surface area contributed by atoms with E-state index in [0.717, 1.165) is 42.0 Å². The third-order valence-electron chi connectivity index (χ3n) is 3.47. The molecule has 1 aliphatic carbocycles. The quantitative estimate of drug-likeness (QED) is 0.877. The second-order valence-corrected chi connectivity index (χ2v) is 5.12. The standard InChI is InChI=1S/C13H18ClNO/c1-9-10(5-6-13(15)7-8-13)12(16-2)4-3-11(9)14/h3-4H,5-8,15H2,1-2H3. The zero-order valence-electron chi connectivity index (χ0n) is 9.85. The van der Waals surface area contributed by atoms with Crippen LogP contribution < -0.4 is 10.5 Å². The lowest BCUT2D eigenvalue weighted by Crippen LogP contribution is -2.22. The first-order valence-corrected chi connectivity index (χ1v) is 6.04. The van der Waals surface area contributed by atoms with E-state index in [0.29, 0.717) is 0 Å². The zero-order valence-corrected chi connectivity index (χ0v) is 10.6. The Labute approximate surface area is 102 Å². The third-order valence-corrected chi connectivity index (χ3v) is 3.88. The molecule has 2 N–H and O–H groups in total. The molecule has 0 saturated heterocycles. The highest BCUT2D eigenvalue weighted by Crippen LogP contribution is 2.38. The van der Waals surface area contributed by atoms with Gasteiger partial charge in [0.25, 0.3) is 0 Å². The fourth-order valence-electron chi connectivity index (χ4n) is 1.99. The number of benzene rings is 1. The Morgan fingerprint density at radius 1 is 1.44 bits per heavy atom. The number of ether oxygens (including phenoxy) is 1. The molecule has 0 radical (unpaired) electrons. The van der Waals surface area contributed by atoms with E-state index < -0.39 is 0 Å². The smallest absolute Gasteiger partial charge is 0.122 e. The van der Waals surface area contributed by atoms with E-state index in [1.165, 1.54) is 5.56 Å². The first-order valence-electron chi connectivity index (χ1n) is 5.66. The maximum atomic E-state index is 6.12. The van der Waals surface area contributed by atoms with Crippen molar-refractivity contribution in [3.63, 3.8) is 0 Å². The Morgan fingerprint density at radius 2 is 2.12 bits per heavy atom. The van der Waals surface area contributed by atoms with Crippen molar-refractivity contribution in [3.8, 4) is 5.75 Å². The summed E-state index contributed by atoms with van der Waals surface area (Å²) in [6, 6.07) is 3.81. The van der Waals surface area contributed by atoms with Gasteiger partial charge in [-0.15, -0.1) is 0 Å². The summed E-state index contributed by atoms with van der Waals surface area (Å²) in [5.41, 5.74) is 8.50. The number of hydrogen-bond acceptors (Lipinski definition) is 2. The second kappa shape index (κ2) is 4.27. The lowest BCUT2D eigenvalue weighted by molar-refractivity contribution is 0.407. The van der Waals surface area contributed by atoms with Crippen molar-refractivity contribution in [3.05, 3.63) is 28.3 Å². The van der Waals surface area contributed by atoms with Gasteiger partial charge in [-0.25, -0.2) is 0 Å². The van der Waals surface area contributed by atoms with E-state index >= 15 is 0 Å². The van der Waals surface area contributed by atoms with E-state index in [1.807, 2.05) is 19.1 Å². The summed E-state index contributed by atoms with van der Waals surface area (Å²) in [5.74, 6) is 0.922. The minimum absolute atomic E-state index is 0.0831. The first-order chi connectivity index (χ1) is 7.56. The van der Waals surface area contributed by atoms with Gasteiger partial charge >= 0.3 is 0 Å². The van der Waals surface area contributed by atoms with E-state index in [-0.39, 0.29) is 5.54 Å². The van der Waals surface area contributed by atoms with Crippen LogP contribution in [0.2, 0.25) is 5.02 Å². The maximum absolute atomic E-state index is 6.12. The molecule has 0 spiro atoms. The van der Waals surface area contributed by atoms with Crippen molar-refractivity contribution in [1.82, 2.24) is 0 Å². The highest BCUT2D eigenvalue weighted by Gasteiger charge is 2.37. The van der Waals surface area contributed by atoms with Gasteiger partial charge in [0.1, 0.15) is 5.75 Å². The van der Waals surface area contributed by atoms with Crippen LogP contribution in [0, 0.1) is 6.92 Å². The van der Waals surface area contributed by atoms with E-state index in [1.54, 1.807) is 7.11 Å².